The molecule has 0 spiro atoms. The molecule has 1 rings (SSSR count). The van der Waals surface area contributed by atoms with Crippen molar-refractivity contribution in [2.24, 2.45) is 0 Å². The van der Waals surface area contributed by atoms with Gasteiger partial charge in [-0.25, -0.2) is 4.79 Å². The Hall–Kier alpha value is -0.750. The molecule has 0 fully saturated rings. The zero-order chi connectivity index (χ0) is 14.6. The minimum Gasteiger partial charge on any atom is -0.504 e. The molecule has 0 saturated carbocycles. The average Bonchev–Trinajstić information content (AvgIpc) is 2.37. The Morgan fingerprint density at radius 2 is 1.89 bits per heavy atom. The van der Waals surface area contributed by atoms with Gasteiger partial charge in [-0.05, 0) is 50.3 Å². The van der Waals surface area contributed by atoms with Gasteiger partial charge in [0.25, 0.3) is 0 Å². The van der Waals surface area contributed by atoms with Crippen LogP contribution in [-0.2, 0) is 6.42 Å². The molecule has 4 nitrogen and oxygen atoms in total. The van der Waals surface area contributed by atoms with Gasteiger partial charge in [-0.3, -0.25) is 0 Å². The van der Waals surface area contributed by atoms with Gasteiger partial charge in [-0.2, -0.15) is 0 Å². The second-order valence-corrected chi connectivity index (χ2v) is 5.61. The molecule has 0 aliphatic carbocycles. The molecule has 0 aliphatic heterocycles. The summed E-state index contributed by atoms with van der Waals surface area (Å²) in [6.07, 6.45) is 2.28. The lowest BCUT2D eigenvalue weighted by atomic mass is 10.0. The average molecular weight is 396 g/mol. The summed E-state index contributed by atoms with van der Waals surface area (Å²) in [5, 5.41) is 19.4. The number of hydrogen-bond acceptors (Lipinski definition) is 3. The Kier molecular flexibility index (Phi) is 6.13. The molecule has 1 aromatic carbocycles. The van der Waals surface area contributed by atoms with Crippen molar-refractivity contribution in [3.05, 3.63) is 20.1 Å². The highest BCUT2D eigenvalue weighted by Gasteiger charge is 2.25. The summed E-state index contributed by atoms with van der Waals surface area (Å²) in [6, 6.07) is 0. The van der Waals surface area contributed by atoms with Gasteiger partial charge in [-0.15, -0.1) is 0 Å². The van der Waals surface area contributed by atoms with Crippen LogP contribution in [0.4, 0.5) is 0 Å². The summed E-state index contributed by atoms with van der Waals surface area (Å²) in [5.41, 5.74) is 0.434. The molecule has 0 bridgehead atoms. The summed E-state index contributed by atoms with van der Waals surface area (Å²) < 4.78 is 6.64. The second kappa shape index (κ2) is 7.14. The van der Waals surface area contributed by atoms with Crippen LogP contribution in [0.25, 0.3) is 0 Å². The van der Waals surface area contributed by atoms with Crippen LogP contribution in [0.3, 0.4) is 0 Å². The summed E-state index contributed by atoms with van der Waals surface area (Å²) in [4.78, 5) is 11.3. The minimum atomic E-state index is -1.16. The van der Waals surface area contributed by atoms with E-state index >= 15 is 0 Å². The number of phenols is 1. The molecule has 0 saturated heterocycles. The van der Waals surface area contributed by atoms with Gasteiger partial charge in [-0.1, -0.05) is 20.3 Å². The number of ether oxygens (including phenoxy) is 1. The van der Waals surface area contributed by atoms with Crippen molar-refractivity contribution in [3.63, 3.8) is 0 Å². The van der Waals surface area contributed by atoms with E-state index in [4.69, 9.17) is 4.74 Å². The lowest BCUT2D eigenvalue weighted by Crippen LogP contribution is -2.07. The molecule has 0 heterocycles. The van der Waals surface area contributed by atoms with E-state index in [-0.39, 0.29) is 17.1 Å². The van der Waals surface area contributed by atoms with Crippen molar-refractivity contribution in [3.8, 4) is 11.5 Å². The van der Waals surface area contributed by atoms with Crippen molar-refractivity contribution in [2.75, 3.05) is 6.61 Å². The summed E-state index contributed by atoms with van der Waals surface area (Å²) >= 11 is 6.69. The molecular weight excluding hydrogens is 380 g/mol. The van der Waals surface area contributed by atoms with Gasteiger partial charge in [0.15, 0.2) is 11.5 Å². The van der Waals surface area contributed by atoms with Crippen LogP contribution in [-0.4, -0.2) is 22.8 Å². The fourth-order valence-corrected chi connectivity index (χ4v) is 2.92. The molecule has 2 N–H and O–H groups in total. The van der Waals surface area contributed by atoms with Gasteiger partial charge in [0.05, 0.1) is 11.1 Å². The van der Waals surface area contributed by atoms with E-state index in [1.165, 1.54) is 0 Å². The number of aromatic hydroxyl groups is 1. The largest absolute Gasteiger partial charge is 0.504 e. The number of benzene rings is 1. The molecule has 0 aromatic heterocycles. The first-order valence-electron chi connectivity index (χ1n) is 6.04. The molecule has 6 heteroatoms. The van der Waals surface area contributed by atoms with Crippen molar-refractivity contribution < 1.29 is 19.7 Å². The Bertz CT molecular complexity index is 486. The summed E-state index contributed by atoms with van der Waals surface area (Å²) in [7, 11) is 0. The number of hydrogen-bond donors (Lipinski definition) is 2. The summed E-state index contributed by atoms with van der Waals surface area (Å²) in [5.74, 6) is -1.31. The number of halogens is 2. The number of rotatable bonds is 6. The number of carboxylic acid groups (broad SMARTS) is 1. The monoisotopic (exact) mass is 394 g/mol. The SMILES string of the molecule is CCCCOc1c(O)c(C(=O)O)c(CC)c(Br)c1Br. The third-order valence-corrected chi connectivity index (χ3v) is 4.89. The van der Waals surface area contributed by atoms with Crippen LogP contribution < -0.4 is 4.74 Å². The predicted octanol–water partition coefficient (Wildman–Crippen LogP) is 4.36. The van der Waals surface area contributed by atoms with E-state index < -0.39 is 5.97 Å². The number of unbranched alkanes of at least 4 members (excludes halogenated alkanes) is 1. The summed E-state index contributed by atoms with van der Waals surface area (Å²) in [6.45, 7) is 4.28. The molecule has 106 valence electrons. The standard InChI is InChI=1S/C13H16Br2O4/c1-3-5-6-19-12-10(15)9(14)7(4-2)8(11(12)16)13(17)18/h16H,3-6H2,1-2H3,(H,17,18). The highest BCUT2D eigenvalue weighted by molar-refractivity contribution is 9.13. The molecule has 0 amide bonds. The fourth-order valence-electron chi connectivity index (χ4n) is 1.71. The molecule has 0 radical (unpaired) electrons. The van der Waals surface area contributed by atoms with Gasteiger partial charge in [0.1, 0.15) is 5.56 Å². The van der Waals surface area contributed by atoms with E-state index in [1.807, 2.05) is 13.8 Å². The Morgan fingerprint density at radius 1 is 1.26 bits per heavy atom. The first-order valence-corrected chi connectivity index (χ1v) is 7.63. The quantitative estimate of drug-likeness (QED) is 0.702. The predicted molar refractivity (Wildman–Crippen MR) is 80.2 cm³/mol. The van der Waals surface area contributed by atoms with Crippen LogP contribution in [0.15, 0.2) is 8.95 Å². The van der Waals surface area contributed by atoms with E-state index in [9.17, 15) is 15.0 Å². The zero-order valence-corrected chi connectivity index (χ0v) is 14.0. The highest BCUT2D eigenvalue weighted by Crippen LogP contribution is 2.45. The lowest BCUT2D eigenvalue weighted by molar-refractivity contribution is 0.0691. The van der Waals surface area contributed by atoms with Gasteiger partial charge < -0.3 is 14.9 Å². The molecule has 19 heavy (non-hydrogen) atoms. The van der Waals surface area contributed by atoms with E-state index in [0.29, 0.717) is 27.5 Å². The molecule has 0 aliphatic rings. The fraction of sp³-hybridized carbons (Fsp3) is 0.462. The molecule has 0 unspecified atom stereocenters. The first-order chi connectivity index (χ1) is 8.95. The first kappa shape index (κ1) is 16.3. The van der Waals surface area contributed by atoms with E-state index in [2.05, 4.69) is 31.9 Å². The maximum absolute atomic E-state index is 11.3. The minimum absolute atomic E-state index is 0.107. The third-order valence-electron chi connectivity index (χ3n) is 2.72. The van der Waals surface area contributed by atoms with Crippen LogP contribution in [0.5, 0.6) is 11.5 Å². The van der Waals surface area contributed by atoms with Crippen LogP contribution in [0, 0.1) is 0 Å². The highest BCUT2D eigenvalue weighted by atomic mass is 79.9. The number of carboxylic acids is 1. The maximum atomic E-state index is 11.3. The van der Waals surface area contributed by atoms with Crippen molar-refractivity contribution in [1.82, 2.24) is 0 Å². The Balaban J connectivity index is 3.36. The number of aromatic carboxylic acids is 1. The normalized spacial score (nSPS) is 10.5. The van der Waals surface area contributed by atoms with E-state index in [1.54, 1.807) is 0 Å². The molecule has 1 aromatic rings. The van der Waals surface area contributed by atoms with Gasteiger partial charge >= 0.3 is 5.97 Å². The van der Waals surface area contributed by atoms with Crippen LogP contribution >= 0.6 is 31.9 Å². The second-order valence-electron chi connectivity index (χ2n) is 4.02. The van der Waals surface area contributed by atoms with Crippen LogP contribution in [0.2, 0.25) is 0 Å². The van der Waals surface area contributed by atoms with E-state index in [0.717, 1.165) is 12.8 Å². The molecular formula is C13H16Br2O4. The van der Waals surface area contributed by atoms with Crippen molar-refractivity contribution >= 4 is 37.8 Å². The Morgan fingerprint density at radius 3 is 2.37 bits per heavy atom. The molecule has 0 atom stereocenters. The van der Waals surface area contributed by atoms with Crippen molar-refractivity contribution in [1.29, 1.82) is 0 Å². The van der Waals surface area contributed by atoms with Crippen LogP contribution in [0.1, 0.15) is 42.6 Å². The third kappa shape index (κ3) is 3.42. The smallest absolute Gasteiger partial charge is 0.339 e. The maximum Gasteiger partial charge on any atom is 0.339 e. The topological polar surface area (TPSA) is 66.8 Å². The zero-order valence-electron chi connectivity index (χ0n) is 10.8. The van der Waals surface area contributed by atoms with Crippen molar-refractivity contribution in [2.45, 2.75) is 33.1 Å². The van der Waals surface area contributed by atoms with Gasteiger partial charge in [0.2, 0.25) is 0 Å². The van der Waals surface area contributed by atoms with Gasteiger partial charge in [0, 0.05) is 4.47 Å². The lowest BCUT2D eigenvalue weighted by Gasteiger charge is -2.16. The number of carbonyl (C=O) groups is 1. The Labute approximate surface area is 129 Å².